The van der Waals surface area contributed by atoms with Crippen LogP contribution in [-0.2, 0) is 15.8 Å². The number of hydrogen-bond donors (Lipinski definition) is 2. The zero-order chi connectivity index (χ0) is 11.9. The highest BCUT2D eigenvalue weighted by Gasteiger charge is 2.09. The van der Waals surface area contributed by atoms with E-state index in [1.54, 1.807) is 12.1 Å². The van der Waals surface area contributed by atoms with Gasteiger partial charge in [-0.3, -0.25) is 0 Å². The van der Waals surface area contributed by atoms with Crippen LogP contribution < -0.4 is 10.5 Å². The van der Waals surface area contributed by atoms with E-state index in [-0.39, 0.29) is 18.2 Å². The van der Waals surface area contributed by atoms with E-state index in [0.29, 0.717) is 13.1 Å². The van der Waals surface area contributed by atoms with Crippen molar-refractivity contribution in [3.8, 4) is 0 Å². The van der Waals surface area contributed by atoms with Crippen LogP contribution in [0.5, 0.6) is 0 Å². The van der Waals surface area contributed by atoms with Crippen molar-refractivity contribution in [2.75, 3.05) is 13.1 Å². The molecule has 0 atom stereocenters. The molecule has 6 heteroatoms. The SMILES string of the molecule is Cl.NCCCCNS(=O)(=O)Cc1ccccc1. The second-order valence-electron chi connectivity index (χ2n) is 3.63. The van der Waals surface area contributed by atoms with Crippen LogP contribution in [0.2, 0.25) is 0 Å². The Bertz CT molecular complexity index is 395. The predicted molar refractivity (Wildman–Crippen MR) is 72.6 cm³/mol. The summed E-state index contributed by atoms with van der Waals surface area (Å²) in [5, 5.41) is 0. The molecule has 0 fully saturated rings. The second kappa shape index (κ2) is 8.47. The average molecular weight is 279 g/mol. The van der Waals surface area contributed by atoms with Gasteiger partial charge < -0.3 is 5.73 Å². The molecule has 0 unspecified atom stereocenters. The van der Waals surface area contributed by atoms with E-state index in [1.165, 1.54) is 0 Å². The zero-order valence-electron chi connectivity index (χ0n) is 9.63. The van der Waals surface area contributed by atoms with E-state index < -0.39 is 10.0 Å². The fraction of sp³-hybridized carbons (Fsp3) is 0.455. The molecule has 1 aromatic carbocycles. The molecular formula is C11H19ClN2O2S. The highest BCUT2D eigenvalue weighted by molar-refractivity contribution is 7.88. The van der Waals surface area contributed by atoms with Crippen LogP contribution in [0.3, 0.4) is 0 Å². The Morgan fingerprint density at radius 2 is 1.76 bits per heavy atom. The van der Waals surface area contributed by atoms with Crippen molar-refractivity contribution in [3.63, 3.8) is 0 Å². The maximum absolute atomic E-state index is 11.6. The topological polar surface area (TPSA) is 72.2 Å². The average Bonchev–Trinajstić information content (AvgIpc) is 2.25. The highest BCUT2D eigenvalue weighted by atomic mass is 35.5. The van der Waals surface area contributed by atoms with Gasteiger partial charge in [-0.15, -0.1) is 12.4 Å². The minimum atomic E-state index is -3.21. The van der Waals surface area contributed by atoms with Crippen molar-refractivity contribution in [1.82, 2.24) is 4.72 Å². The molecule has 0 aliphatic rings. The minimum absolute atomic E-state index is 0. The van der Waals surface area contributed by atoms with Gasteiger partial charge in [-0.25, -0.2) is 13.1 Å². The van der Waals surface area contributed by atoms with Gasteiger partial charge in [0.25, 0.3) is 0 Å². The quantitative estimate of drug-likeness (QED) is 0.738. The number of hydrogen-bond acceptors (Lipinski definition) is 3. The lowest BCUT2D eigenvalue weighted by Gasteiger charge is -2.06. The smallest absolute Gasteiger partial charge is 0.215 e. The molecule has 0 saturated heterocycles. The van der Waals surface area contributed by atoms with Gasteiger partial charge in [0.1, 0.15) is 0 Å². The summed E-state index contributed by atoms with van der Waals surface area (Å²) >= 11 is 0. The standard InChI is InChI=1S/C11H18N2O2S.ClH/c12-8-4-5-9-13-16(14,15)10-11-6-2-1-3-7-11;/h1-3,6-7,13H,4-5,8-10,12H2;1H. The summed E-state index contributed by atoms with van der Waals surface area (Å²) < 4.78 is 25.8. The summed E-state index contributed by atoms with van der Waals surface area (Å²) in [6.07, 6.45) is 1.62. The monoisotopic (exact) mass is 278 g/mol. The van der Waals surface area contributed by atoms with Crippen molar-refractivity contribution < 1.29 is 8.42 Å². The van der Waals surface area contributed by atoms with Gasteiger partial charge in [-0.05, 0) is 24.9 Å². The summed E-state index contributed by atoms with van der Waals surface area (Å²) in [7, 11) is -3.21. The molecule has 98 valence electrons. The fourth-order valence-electron chi connectivity index (χ4n) is 1.34. The summed E-state index contributed by atoms with van der Waals surface area (Å²) in [6.45, 7) is 1.06. The molecule has 0 saturated carbocycles. The Labute approximate surface area is 109 Å². The number of sulfonamides is 1. The molecule has 3 N–H and O–H groups in total. The van der Waals surface area contributed by atoms with Gasteiger partial charge in [0.05, 0.1) is 5.75 Å². The van der Waals surface area contributed by atoms with Gasteiger partial charge >= 0.3 is 0 Å². The van der Waals surface area contributed by atoms with Gasteiger partial charge in [0.2, 0.25) is 10.0 Å². The molecule has 0 radical (unpaired) electrons. The van der Waals surface area contributed by atoms with Crippen LogP contribution in [0.15, 0.2) is 30.3 Å². The molecule has 0 bridgehead atoms. The minimum Gasteiger partial charge on any atom is -0.330 e. The van der Waals surface area contributed by atoms with E-state index in [0.717, 1.165) is 18.4 Å². The van der Waals surface area contributed by atoms with E-state index in [2.05, 4.69) is 4.72 Å². The number of nitrogens with one attached hydrogen (secondary N) is 1. The number of benzene rings is 1. The van der Waals surface area contributed by atoms with E-state index in [1.807, 2.05) is 18.2 Å². The molecular weight excluding hydrogens is 260 g/mol. The van der Waals surface area contributed by atoms with Crippen LogP contribution in [0.1, 0.15) is 18.4 Å². The van der Waals surface area contributed by atoms with Gasteiger partial charge in [-0.1, -0.05) is 30.3 Å². The predicted octanol–water partition coefficient (Wildman–Crippen LogP) is 1.27. The number of unbranched alkanes of at least 4 members (excludes halogenated alkanes) is 1. The second-order valence-corrected chi connectivity index (χ2v) is 5.44. The molecule has 1 aromatic rings. The molecule has 0 aromatic heterocycles. The lowest BCUT2D eigenvalue weighted by Crippen LogP contribution is -2.26. The maximum Gasteiger partial charge on any atom is 0.215 e. The van der Waals surface area contributed by atoms with Crippen LogP contribution >= 0.6 is 12.4 Å². The van der Waals surface area contributed by atoms with E-state index in [9.17, 15) is 8.42 Å². The lowest BCUT2D eigenvalue weighted by molar-refractivity contribution is 0.576. The number of rotatable bonds is 7. The molecule has 0 aliphatic carbocycles. The molecule has 0 heterocycles. The first kappa shape index (κ1) is 16.4. The number of nitrogens with two attached hydrogens (primary N) is 1. The molecule has 17 heavy (non-hydrogen) atoms. The first-order chi connectivity index (χ1) is 7.64. The van der Waals surface area contributed by atoms with Crippen LogP contribution in [0.25, 0.3) is 0 Å². The Kier molecular flexibility index (Phi) is 8.16. The van der Waals surface area contributed by atoms with Crippen molar-refractivity contribution in [2.45, 2.75) is 18.6 Å². The molecule has 0 aliphatic heterocycles. The molecule has 1 rings (SSSR count). The van der Waals surface area contributed by atoms with Crippen LogP contribution in [0, 0.1) is 0 Å². The van der Waals surface area contributed by atoms with Gasteiger partial charge in [0.15, 0.2) is 0 Å². The molecule has 0 spiro atoms. The normalized spacial score (nSPS) is 10.9. The summed E-state index contributed by atoms with van der Waals surface area (Å²) in [5.41, 5.74) is 6.12. The van der Waals surface area contributed by atoms with Crippen LogP contribution in [0.4, 0.5) is 0 Å². The van der Waals surface area contributed by atoms with Crippen molar-refractivity contribution in [3.05, 3.63) is 35.9 Å². The maximum atomic E-state index is 11.6. The van der Waals surface area contributed by atoms with Gasteiger partial charge in [-0.2, -0.15) is 0 Å². The number of halogens is 1. The molecule has 4 nitrogen and oxygen atoms in total. The van der Waals surface area contributed by atoms with E-state index >= 15 is 0 Å². The largest absolute Gasteiger partial charge is 0.330 e. The van der Waals surface area contributed by atoms with Gasteiger partial charge in [0, 0.05) is 6.54 Å². The third-order valence-corrected chi connectivity index (χ3v) is 3.51. The first-order valence-corrected chi connectivity index (χ1v) is 7.00. The first-order valence-electron chi connectivity index (χ1n) is 5.35. The fourth-order valence-corrected chi connectivity index (χ4v) is 2.53. The zero-order valence-corrected chi connectivity index (χ0v) is 11.3. The van der Waals surface area contributed by atoms with Crippen molar-refractivity contribution in [2.24, 2.45) is 5.73 Å². The Morgan fingerprint density at radius 3 is 2.35 bits per heavy atom. The summed E-state index contributed by atoms with van der Waals surface area (Å²) in [6, 6.07) is 9.14. The van der Waals surface area contributed by atoms with Crippen molar-refractivity contribution >= 4 is 22.4 Å². The van der Waals surface area contributed by atoms with Crippen LogP contribution in [-0.4, -0.2) is 21.5 Å². The van der Waals surface area contributed by atoms with Crippen molar-refractivity contribution in [1.29, 1.82) is 0 Å². The third kappa shape index (κ3) is 7.33. The lowest BCUT2D eigenvalue weighted by atomic mass is 10.2. The third-order valence-electron chi connectivity index (χ3n) is 2.15. The summed E-state index contributed by atoms with van der Waals surface area (Å²) in [5.74, 6) is 0.0382. The highest BCUT2D eigenvalue weighted by Crippen LogP contribution is 2.03. The Morgan fingerprint density at radius 1 is 1.12 bits per heavy atom. The van der Waals surface area contributed by atoms with E-state index in [4.69, 9.17) is 5.73 Å². The summed E-state index contributed by atoms with van der Waals surface area (Å²) in [4.78, 5) is 0. The molecule has 0 amide bonds. The Balaban J connectivity index is 0.00000256. The Hall–Kier alpha value is -0.620.